The molecule has 1 aromatic rings. The van der Waals surface area contributed by atoms with E-state index in [1.54, 1.807) is 36.1 Å². The highest BCUT2D eigenvalue weighted by Crippen LogP contribution is 2.29. The van der Waals surface area contributed by atoms with Crippen LogP contribution in [-0.4, -0.2) is 36.0 Å². The fourth-order valence-corrected chi connectivity index (χ4v) is 2.83. The molecule has 114 valence electrons. The quantitative estimate of drug-likeness (QED) is 0.629. The molecule has 0 spiro atoms. The number of hydrogen-bond donors (Lipinski definition) is 0. The molecule has 2 atom stereocenters. The first-order chi connectivity index (χ1) is 10.0. The molecule has 1 amide bonds. The smallest absolute Gasteiger partial charge is 0.329 e. The number of likely N-dealkylation sites (tertiary alicyclic amines) is 1. The Kier molecular flexibility index (Phi) is 5.48. The van der Waals surface area contributed by atoms with E-state index in [4.69, 9.17) is 27.9 Å². The number of benzene rings is 1. The van der Waals surface area contributed by atoms with Crippen LogP contribution in [0.2, 0.25) is 5.02 Å². The lowest BCUT2D eigenvalue weighted by Gasteiger charge is -2.21. The number of rotatable bonds is 4. The van der Waals surface area contributed by atoms with Crippen molar-refractivity contribution in [3.63, 3.8) is 0 Å². The van der Waals surface area contributed by atoms with Crippen LogP contribution in [0.1, 0.15) is 30.7 Å². The molecule has 1 aliphatic heterocycles. The van der Waals surface area contributed by atoms with Gasteiger partial charge < -0.3 is 9.64 Å². The summed E-state index contributed by atoms with van der Waals surface area (Å²) in [7, 11) is 0. The van der Waals surface area contributed by atoms with Crippen LogP contribution in [0, 0.1) is 0 Å². The number of carbonyl (C=O) groups is 2. The van der Waals surface area contributed by atoms with Gasteiger partial charge in [0.25, 0.3) is 5.91 Å². The number of halogens is 2. The van der Waals surface area contributed by atoms with E-state index in [2.05, 4.69) is 0 Å². The monoisotopic (exact) mass is 329 g/mol. The maximum absolute atomic E-state index is 12.1. The van der Waals surface area contributed by atoms with Gasteiger partial charge in [0.1, 0.15) is 0 Å². The van der Waals surface area contributed by atoms with Gasteiger partial charge >= 0.3 is 5.97 Å². The van der Waals surface area contributed by atoms with Crippen LogP contribution in [0.5, 0.6) is 0 Å². The summed E-state index contributed by atoms with van der Waals surface area (Å²) in [6.45, 7) is 3.00. The fraction of sp³-hybridized carbons (Fsp3) is 0.467. The van der Waals surface area contributed by atoms with Crippen LogP contribution < -0.4 is 0 Å². The van der Waals surface area contributed by atoms with E-state index in [9.17, 15) is 9.59 Å². The average Bonchev–Trinajstić information content (AvgIpc) is 3.00. The third kappa shape index (κ3) is 3.89. The highest BCUT2D eigenvalue weighted by Gasteiger charge is 2.29. The minimum absolute atomic E-state index is 0.177. The zero-order valence-corrected chi connectivity index (χ0v) is 13.2. The number of nitrogens with zero attached hydrogens (tertiary/aromatic N) is 1. The normalized spacial score (nSPS) is 17.4. The first-order valence-corrected chi connectivity index (χ1v) is 7.70. The number of carbonyl (C=O) groups excluding carboxylic acids is 2. The molecule has 0 aliphatic carbocycles. The maximum Gasteiger partial charge on any atom is 0.329 e. The van der Waals surface area contributed by atoms with Crippen molar-refractivity contribution in [2.75, 3.05) is 13.1 Å². The Labute approximate surface area is 134 Å². The van der Waals surface area contributed by atoms with Gasteiger partial charge in [-0.15, -0.1) is 11.6 Å². The van der Waals surface area contributed by atoms with Gasteiger partial charge in [-0.2, -0.15) is 0 Å². The number of amides is 1. The van der Waals surface area contributed by atoms with Gasteiger partial charge in [-0.25, -0.2) is 0 Å². The van der Waals surface area contributed by atoms with Gasteiger partial charge in [-0.05, 0) is 31.4 Å². The van der Waals surface area contributed by atoms with Gasteiger partial charge in [0.15, 0.2) is 11.5 Å². The molecule has 1 aromatic carbocycles. The highest BCUT2D eigenvalue weighted by molar-refractivity contribution is 6.35. The van der Waals surface area contributed by atoms with Crippen molar-refractivity contribution in [1.29, 1.82) is 0 Å². The van der Waals surface area contributed by atoms with E-state index in [0.29, 0.717) is 10.6 Å². The highest BCUT2D eigenvalue weighted by atomic mass is 35.5. The molecule has 0 radical (unpaired) electrons. The molecule has 0 aromatic heterocycles. The summed E-state index contributed by atoms with van der Waals surface area (Å²) in [4.78, 5) is 25.8. The lowest BCUT2D eigenvalue weighted by Crippen LogP contribution is -2.38. The average molecular weight is 330 g/mol. The molecule has 21 heavy (non-hydrogen) atoms. The number of alkyl halides is 1. The SMILES string of the molecule is C[C@@H](OC(=O)C(Cl)c1ccccc1Cl)C(=O)N1CCCC1. The molecule has 0 bridgehead atoms. The lowest BCUT2D eigenvalue weighted by molar-refractivity contribution is -0.158. The van der Waals surface area contributed by atoms with Crippen LogP contribution in [0.25, 0.3) is 0 Å². The minimum Gasteiger partial charge on any atom is -0.451 e. The van der Waals surface area contributed by atoms with Crippen molar-refractivity contribution in [2.45, 2.75) is 31.2 Å². The second-order valence-corrected chi connectivity index (χ2v) is 5.84. The molecular formula is C15H17Cl2NO3. The summed E-state index contributed by atoms with van der Waals surface area (Å²) >= 11 is 12.1. The van der Waals surface area contributed by atoms with Crippen molar-refractivity contribution < 1.29 is 14.3 Å². The third-order valence-corrected chi connectivity index (χ3v) is 4.20. The van der Waals surface area contributed by atoms with Gasteiger partial charge in [0.05, 0.1) is 0 Å². The van der Waals surface area contributed by atoms with Crippen LogP contribution >= 0.6 is 23.2 Å². The van der Waals surface area contributed by atoms with Crippen LogP contribution in [0.4, 0.5) is 0 Å². The summed E-state index contributed by atoms with van der Waals surface area (Å²) in [5, 5.41) is -0.625. The molecule has 0 saturated carbocycles. The van der Waals surface area contributed by atoms with Gasteiger partial charge in [-0.3, -0.25) is 9.59 Å². The van der Waals surface area contributed by atoms with Crippen LogP contribution in [0.15, 0.2) is 24.3 Å². The van der Waals surface area contributed by atoms with E-state index >= 15 is 0 Å². The Morgan fingerprint density at radius 2 is 1.86 bits per heavy atom. The Hall–Kier alpha value is -1.26. The second kappa shape index (κ2) is 7.14. The predicted molar refractivity (Wildman–Crippen MR) is 81.4 cm³/mol. The molecule has 4 nitrogen and oxygen atoms in total. The second-order valence-electron chi connectivity index (χ2n) is 5.00. The molecule has 6 heteroatoms. The summed E-state index contributed by atoms with van der Waals surface area (Å²) in [6, 6.07) is 6.80. The zero-order chi connectivity index (χ0) is 15.4. The standard InChI is InChI=1S/C15H17Cl2NO3/c1-10(14(19)18-8-4-5-9-18)21-15(20)13(17)11-6-2-3-7-12(11)16/h2-3,6-7,10,13H,4-5,8-9H2,1H3/t10-,13?/m1/s1. The van der Waals surface area contributed by atoms with Crippen molar-refractivity contribution in [3.8, 4) is 0 Å². The largest absolute Gasteiger partial charge is 0.451 e. The minimum atomic E-state index is -1.02. The molecule has 1 fully saturated rings. The first kappa shape index (κ1) is 16.1. The number of esters is 1. The van der Waals surface area contributed by atoms with E-state index in [-0.39, 0.29) is 5.91 Å². The lowest BCUT2D eigenvalue weighted by atomic mass is 10.1. The molecule has 1 saturated heterocycles. The summed E-state index contributed by atoms with van der Waals surface area (Å²) in [6.07, 6.45) is 1.15. The Morgan fingerprint density at radius 1 is 1.24 bits per heavy atom. The molecule has 1 heterocycles. The molecule has 2 rings (SSSR count). The summed E-state index contributed by atoms with van der Waals surface area (Å²) in [5.74, 6) is -0.839. The summed E-state index contributed by atoms with van der Waals surface area (Å²) in [5.41, 5.74) is 0.478. The van der Waals surface area contributed by atoms with Crippen molar-refractivity contribution in [1.82, 2.24) is 4.90 Å². The van der Waals surface area contributed by atoms with E-state index in [1.807, 2.05) is 0 Å². The Bertz CT molecular complexity index is 529. The van der Waals surface area contributed by atoms with Crippen molar-refractivity contribution in [2.24, 2.45) is 0 Å². The van der Waals surface area contributed by atoms with E-state index in [1.165, 1.54) is 0 Å². The predicted octanol–water partition coefficient (Wildman–Crippen LogP) is 3.17. The van der Waals surface area contributed by atoms with E-state index < -0.39 is 17.5 Å². The first-order valence-electron chi connectivity index (χ1n) is 6.88. The van der Waals surface area contributed by atoms with Crippen LogP contribution in [0.3, 0.4) is 0 Å². The molecule has 1 unspecified atom stereocenters. The Balaban J connectivity index is 1.97. The molecular weight excluding hydrogens is 313 g/mol. The zero-order valence-electron chi connectivity index (χ0n) is 11.7. The van der Waals surface area contributed by atoms with Gasteiger partial charge in [-0.1, -0.05) is 29.8 Å². The van der Waals surface area contributed by atoms with Crippen molar-refractivity contribution >= 4 is 35.1 Å². The molecule has 0 N–H and O–H groups in total. The molecule has 1 aliphatic rings. The Morgan fingerprint density at radius 3 is 2.48 bits per heavy atom. The van der Waals surface area contributed by atoms with E-state index in [0.717, 1.165) is 25.9 Å². The topological polar surface area (TPSA) is 46.6 Å². The number of hydrogen-bond acceptors (Lipinski definition) is 3. The summed E-state index contributed by atoms with van der Waals surface area (Å²) < 4.78 is 5.18. The fourth-order valence-electron chi connectivity index (χ4n) is 2.29. The van der Waals surface area contributed by atoms with Gasteiger partial charge in [0.2, 0.25) is 0 Å². The van der Waals surface area contributed by atoms with Crippen LogP contribution in [-0.2, 0) is 14.3 Å². The number of ether oxygens (including phenoxy) is 1. The van der Waals surface area contributed by atoms with Crippen molar-refractivity contribution in [3.05, 3.63) is 34.9 Å². The third-order valence-electron chi connectivity index (χ3n) is 3.44. The maximum atomic E-state index is 12.1. The van der Waals surface area contributed by atoms with Gasteiger partial charge in [0, 0.05) is 18.1 Å².